The average Bonchev–Trinajstić information content (AvgIpc) is 2.61. The van der Waals surface area contributed by atoms with Crippen LogP contribution in [0.2, 0.25) is 0 Å². The molecule has 0 radical (unpaired) electrons. The van der Waals surface area contributed by atoms with Gasteiger partial charge in [0, 0.05) is 19.2 Å². The molecule has 0 saturated heterocycles. The molecule has 0 bridgehead atoms. The maximum Gasteiger partial charge on any atom is 0.249 e. The molecule has 0 aliphatic carbocycles. The zero-order valence-corrected chi connectivity index (χ0v) is 14.7. The van der Waals surface area contributed by atoms with Crippen LogP contribution in [0.3, 0.4) is 0 Å². The second-order valence-corrected chi connectivity index (χ2v) is 5.32. The second-order valence-electron chi connectivity index (χ2n) is 5.32. The van der Waals surface area contributed by atoms with Gasteiger partial charge < -0.3 is 19.7 Å². The minimum Gasteiger partial charge on any atom is -0.497 e. The van der Waals surface area contributed by atoms with Crippen LogP contribution in [0.5, 0.6) is 11.5 Å². The molecule has 2 rings (SSSR count). The number of methoxy groups -OCH3 is 2. The summed E-state index contributed by atoms with van der Waals surface area (Å²) in [5, 5.41) is 11.3. The Bertz CT molecular complexity index is 645. The van der Waals surface area contributed by atoms with Gasteiger partial charge in [-0.3, -0.25) is 0 Å². The number of benzene rings is 1. The van der Waals surface area contributed by atoms with Crippen molar-refractivity contribution < 1.29 is 9.47 Å². The van der Waals surface area contributed by atoms with Crippen molar-refractivity contribution in [2.75, 3.05) is 37.5 Å². The van der Waals surface area contributed by atoms with Crippen molar-refractivity contribution in [2.45, 2.75) is 26.7 Å². The maximum absolute atomic E-state index is 5.37. The zero-order chi connectivity index (χ0) is 17.4. The third-order valence-corrected chi connectivity index (χ3v) is 3.51. The molecule has 24 heavy (non-hydrogen) atoms. The van der Waals surface area contributed by atoms with E-state index >= 15 is 0 Å². The van der Waals surface area contributed by atoms with Crippen LogP contribution in [0.15, 0.2) is 24.4 Å². The van der Waals surface area contributed by atoms with Gasteiger partial charge in [0.1, 0.15) is 11.5 Å². The lowest BCUT2D eigenvalue weighted by Crippen LogP contribution is -2.26. The smallest absolute Gasteiger partial charge is 0.249 e. The Labute approximate surface area is 143 Å². The number of hydrogen-bond donors (Lipinski definition) is 1. The van der Waals surface area contributed by atoms with Gasteiger partial charge in [-0.05, 0) is 25.0 Å². The highest BCUT2D eigenvalue weighted by molar-refractivity contribution is 5.65. The highest BCUT2D eigenvalue weighted by Gasteiger charge is 2.11. The molecule has 0 fully saturated rings. The SMILES string of the molecule is CCCN(CCC)c1cnnc(Nc2cc(OC)ccc2OC)n1. The van der Waals surface area contributed by atoms with Crippen molar-refractivity contribution in [2.24, 2.45) is 0 Å². The Morgan fingerprint density at radius 2 is 1.83 bits per heavy atom. The first-order chi connectivity index (χ1) is 11.7. The Kier molecular flexibility index (Phi) is 6.60. The summed E-state index contributed by atoms with van der Waals surface area (Å²) in [5.41, 5.74) is 0.730. The summed E-state index contributed by atoms with van der Waals surface area (Å²) in [7, 11) is 3.24. The molecular formula is C17H25N5O2. The molecule has 7 heteroatoms. The normalized spacial score (nSPS) is 10.3. The minimum atomic E-state index is 0.427. The number of aromatic nitrogens is 3. The minimum absolute atomic E-state index is 0.427. The molecule has 1 aromatic carbocycles. The lowest BCUT2D eigenvalue weighted by Gasteiger charge is -2.22. The van der Waals surface area contributed by atoms with E-state index in [-0.39, 0.29) is 0 Å². The monoisotopic (exact) mass is 331 g/mol. The molecule has 1 N–H and O–H groups in total. The van der Waals surface area contributed by atoms with E-state index in [9.17, 15) is 0 Å². The van der Waals surface area contributed by atoms with Crippen molar-refractivity contribution in [1.82, 2.24) is 15.2 Å². The van der Waals surface area contributed by atoms with Crippen LogP contribution < -0.4 is 19.7 Å². The molecule has 0 aliphatic heterocycles. The van der Waals surface area contributed by atoms with Crippen LogP contribution in [0.25, 0.3) is 0 Å². The van der Waals surface area contributed by atoms with Crippen LogP contribution >= 0.6 is 0 Å². The van der Waals surface area contributed by atoms with E-state index in [4.69, 9.17) is 9.47 Å². The Morgan fingerprint density at radius 1 is 1.08 bits per heavy atom. The Hall–Kier alpha value is -2.57. The summed E-state index contributed by atoms with van der Waals surface area (Å²) >= 11 is 0. The van der Waals surface area contributed by atoms with Crippen molar-refractivity contribution in [3.8, 4) is 11.5 Å². The third kappa shape index (κ3) is 4.47. The molecule has 1 aromatic heterocycles. The fraction of sp³-hybridized carbons (Fsp3) is 0.471. The van der Waals surface area contributed by atoms with Gasteiger partial charge in [-0.2, -0.15) is 10.1 Å². The van der Waals surface area contributed by atoms with E-state index < -0.39 is 0 Å². The van der Waals surface area contributed by atoms with Gasteiger partial charge in [0.2, 0.25) is 5.95 Å². The molecule has 0 unspecified atom stereocenters. The van der Waals surface area contributed by atoms with Gasteiger partial charge in [0.05, 0.1) is 26.1 Å². The molecule has 2 aromatic rings. The van der Waals surface area contributed by atoms with Gasteiger partial charge in [0.15, 0.2) is 5.82 Å². The number of ether oxygens (including phenoxy) is 2. The summed E-state index contributed by atoms with van der Waals surface area (Å²) in [4.78, 5) is 6.79. The van der Waals surface area contributed by atoms with E-state index in [0.29, 0.717) is 11.7 Å². The highest BCUT2D eigenvalue weighted by Crippen LogP contribution is 2.30. The van der Waals surface area contributed by atoms with Crippen molar-refractivity contribution in [3.63, 3.8) is 0 Å². The second kappa shape index (κ2) is 8.90. The molecule has 0 atom stereocenters. The Morgan fingerprint density at radius 3 is 2.46 bits per heavy atom. The van der Waals surface area contributed by atoms with Gasteiger partial charge in [-0.15, -0.1) is 5.10 Å². The van der Waals surface area contributed by atoms with Gasteiger partial charge in [-0.25, -0.2) is 0 Å². The summed E-state index contributed by atoms with van der Waals surface area (Å²) in [6.07, 6.45) is 3.80. The van der Waals surface area contributed by atoms with E-state index in [1.165, 1.54) is 0 Å². The molecule has 7 nitrogen and oxygen atoms in total. The first-order valence-electron chi connectivity index (χ1n) is 8.15. The molecule has 130 valence electrons. The number of anilines is 3. The van der Waals surface area contributed by atoms with E-state index in [1.54, 1.807) is 20.4 Å². The quantitative estimate of drug-likeness (QED) is 0.756. The molecule has 1 heterocycles. The van der Waals surface area contributed by atoms with Crippen molar-refractivity contribution in [3.05, 3.63) is 24.4 Å². The van der Waals surface area contributed by atoms with Crippen molar-refractivity contribution >= 4 is 17.5 Å². The fourth-order valence-corrected chi connectivity index (χ4v) is 2.41. The predicted octanol–water partition coefficient (Wildman–Crippen LogP) is 3.26. The van der Waals surface area contributed by atoms with Crippen LogP contribution in [0.1, 0.15) is 26.7 Å². The zero-order valence-electron chi connectivity index (χ0n) is 14.7. The highest BCUT2D eigenvalue weighted by atomic mass is 16.5. The van der Waals surface area contributed by atoms with E-state index in [1.807, 2.05) is 18.2 Å². The summed E-state index contributed by atoms with van der Waals surface area (Å²) < 4.78 is 10.6. The summed E-state index contributed by atoms with van der Waals surface area (Å²) in [6, 6.07) is 5.51. The predicted molar refractivity (Wildman–Crippen MR) is 95.5 cm³/mol. The van der Waals surface area contributed by atoms with Crippen LogP contribution in [-0.2, 0) is 0 Å². The summed E-state index contributed by atoms with van der Waals surface area (Å²) in [5.74, 6) is 2.65. The number of hydrogen-bond acceptors (Lipinski definition) is 7. The lowest BCUT2D eigenvalue weighted by molar-refractivity contribution is 0.405. The molecule has 0 saturated carbocycles. The van der Waals surface area contributed by atoms with Crippen molar-refractivity contribution in [1.29, 1.82) is 0 Å². The van der Waals surface area contributed by atoms with Gasteiger partial charge in [0.25, 0.3) is 0 Å². The van der Waals surface area contributed by atoms with Crippen LogP contribution in [-0.4, -0.2) is 42.5 Å². The number of rotatable bonds is 9. The first-order valence-corrected chi connectivity index (χ1v) is 8.15. The number of nitrogens with zero attached hydrogens (tertiary/aromatic N) is 4. The average molecular weight is 331 g/mol. The van der Waals surface area contributed by atoms with Crippen LogP contribution in [0, 0.1) is 0 Å². The summed E-state index contributed by atoms with van der Waals surface area (Å²) in [6.45, 7) is 6.18. The Balaban J connectivity index is 2.26. The molecule has 0 amide bonds. The van der Waals surface area contributed by atoms with Gasteiger partial charge >= 0.3 is 0 Å². The number of nitrogens with one attached hydrogen (secondary N) is 1. The topological polar surface area (TPSA) is 72.4 Å². The van der Waals surface area contributed by atoms with Gasteiger partial charge in [-0.1, -0.05) is 13.8 Å². The molecular weight excluding hydrogens is 306 g/mol. The molecule has 0 aliphatic rings. The van der Waals surface area contributed by atoms with E-state index in [2.05, 4.69) is 39.2 Å². The largest absolute Gasteiger partial charge is 0.497 e. The maximum atomic E-state index is 5.37. The van der Waals surface area contributed by atoms with E-state index in [0.717, 1.165) is 43.2 Å². The first kappa shape index (κ1) is 17.8. The third-order valence-electron chi connectivity index (χ3n) is 3.51. The van der Waals surface area contributed by atoms with Crippen LogP contribution in [0.4, 0.5) is 17.5 Å². The lowest BCUT2D eigenvalue weighted by atomic mass is 10.2. The fourth-order valence-electron chi connectivity index (χ4n) is 2.41. The standard InChI is InChI=1S/C17H25N5O2/c1-5-9-22(10-6-2)16-12-18-21-17(20-16)19-14-11-13(23-3)7-8-15(14)24-4/h7-8,11-12H,5-6,9-10H2,1-4H3,(H,19,20,21). The molecule has 0 spiro atoms.